The SMILES string of the molecule is O=CC(=O)C1NCNc2cccc([N+](=O)[O-])c21. The fourth-order valence-electron chi connectivity index (χ4n) is 1.83. The van der Waals surface area contributed by atoms with Gasteiger partial charge in [-0.25, -0.2) is 0 Å². The van der Waals surface area contributed by atoms with Crippen molar-refractivity contribution < 1.29 is 14.5 Å². The molecule has 0 saturated heterocycles. The quantitative estimate of drug-likeness (QED) is 0.340. The van der Waals surface area contributed by atoms with Crippen molar-refractivity contribution in [3.63, 3.8) is 0 Å². The number of carbonyl (C=O) groups is 2. The summed E-state index contributed by atoms with van der Waals surface area (Å²) in [6, 6.07) is 3.51. The predicted octanol–water partition coefficient (Wildman–Crippen LogP) is 0.376. The average molecular weight is 235 g/mol. The molecule has 0 fully saturated rings. The second kappa shape index (κ2) is 4.30. The number of nitrogens with one attached hydrogen (secondary N) is 2. The van der Waals surface area contributed by atoms with E-state index in [2.05, 4.69) is 10.6 Å². The highest BCUT2D eigenvalue weighted by molar-refractivity contribution is 6.28. The van der Waals surface area contributed by atoms with Gasteiger partial charge in [0.25, 0.3) is 5.69 Å². The summed E-state index contributed by atoms with van der Waals surface area (Å²) in [5.74, 6) is -0.720. The molecule has 1 atom stereocenters. The molecule has 1 aliphatic heterocycles. The fraction of sp³-hybridized carbons (Fsp3) is 0.200. The molecule has 7 heteroatoms. The summed E-state index contributed by atoms with van der Waals surface area (Å²) in [4.78, 5) is 32.2. The largest absolute Gasteiger partial charge is 0.372 e. The summed E-state index contributed by atoms with van der Waals surface area (Å²) in [5, 5.41) is 16.5. The van der Waals surface area contributed by atoms with Gasteiger partial charge in [0.05, 0.1) is 17.2 Å². The molecule has 0 aliphatic carbocycles. The lowest BCUT2D eigenvalue weighted by Gasteiger charge is -2.25. The molecule has 88 valence electrons. The minimum atomic E-state index is -0.953. The molecule has 2 N–H and O–H groups in total. The predicted molar refractivity (Wildman–Crippen MR) is 58.5 cm³/mol. The summed E-state index contributed by atoms with van der Waals surface area (Å²) >= 11 is 0. The van der Waals surface area contributed by atoms with Crippen LogP contribution in [0, 0.1) is 10.1 Å². The molecule has 0 amide bonds. The van der Waals surface area contributed by atoms with Crippen LogP contribution in [-0.4, -0.2) is 23.7 Å². The standard InChI is InChI=1S/C10H9N3O4/c14-4-8(15)10-9-6(11-5-12-10)2-1-3-7(9)13(16)17/h1-4,10-12H,5H2. The third kappa shape index (κ3) is 1.87. The molecule has 7 nitrogen and oxygen atoms in total. The van der Waals surface area contributed by atoms with Crippen molar-refractivity contribution >= 4 is 23.4 Å². The molecule has 0 spiro atoms. The molecule has 0 aromatic heterocycles. The topological polar surface area (TPSA) is 101 Å². The van der Waals surface area contributed by atoms with Gasteiger partial charge in [-0.2, -0.15) is 0 Å². The monoisotopic (exact) mass is 235 g/mol. The maximum absolute atomic E-state index is 11.4. The van der Waals surface area contributed by atoms with E-state index in [4.69, 9.17) is 0 Å². The molecule has 2 rings (SSSR count). The highest BCUT2D eigenvalue weighted by Crippen LogP contribution is 2.34. The molecule has 17 heavy (non-hydrogen) atoms. The van der Waals surface area contributed by atoms with Crippen LogP contribution in [0.1, 0.15) is 11.6 Å². The number of fused-ring (bicyclic) bond motifs is 1. The average Bonchev–Trinajstić information content (AvgIpc) is 2.36. The van der Waals surface area contributed by atoms with E-state index in [0.29, 0.717) is 5.69 Å². The maximum Gasteiger partial charge on any atom is 0.276 e. The molecule has 0 saturated carbocycles. The van der Waals surface area contributed by atoms with E-state index in [9.17, 15) is 19.7 Å². The summed E-state index contributed by atoms with van der Waals surface area (Å²) in [6.45, 7) is 0.276. The van der Waals surface area contributed by atoms with Crippen molar-refractivity contribution in [2.24, 2.45) is 0 Å². The summed E-state index contributed by atoms with van der Waals surface area (Å²) in [5.41, 5.74) is 0.529. The lowest BCUT2D eigenvalue weighted by molar-refractivity contribution is -0.385. The number of benzene rings is 1. The Morgan fingerprint density at radius 2 is 2.29 bits per heavy atom. The number of nitrogens with zero attached hydrogens (tertiary/aromatic N) is 1. The second-order valence-corrected chi connectivity index (χ2v) is 3.51. The number of nitro benzene ring substituents is 1. The Morgan fingerprint density at radius 1 is 1.53 bits per heavy atom. The lowest BCUT2D eigenvalue weighted by atomic mass is 9.97. The number of hydrogen-bond donors (Lipinski definition) is 2. The van der Waals surface area contributed by atoms with Gasteiger partial charge in [-0.3, -0.25) is 25.0 Å². The molecule has 1 unspecified atom stereocenters. The number of anilines is 1. The number of hydrogen-bond acceptors (Lipinski definition) is 6. The van der Waals surface area contributed by atoms with Crippen molar-refractivity contribution in [2.75, 3.05) is 12.0 Å². The second-order valence-electron chi connectivity index (χ2n) is 3.51. The van der Waals surface area contributed by atoms with Gasteiger partial charge in [0.1, 0.15) is 6.04 Å². The van der Waals surface area contributed by atoms with Crippen LogP contribution in [0.3, 0.4) is 0 Å². The van der Waals surface area contributed by atoms with E-state index >= 15 is 0 Å². The summed E-state index contributed by atoms with van der Waals surface area (Å²) in [6.07, 6.45) is 0.170. The van der Waals surface area contributed by atoms with Crippen LogP contribution < -0.4 is 10.6 Å². The van der Waals surface area contributed by atoms with E-state index < -0.39 is 16.7 Å². The van der Waals surface area contributed by atoms with Crippen LogP contribution in [0.4, 0.5) is 11.4 Å². The van der Waals surface area contributed by atoms with Crippen LogP contribution in [-0.2, 0) is 9.59 Å². The van der Waals surface area contributed by atoms with Gasteiger partial charge in [0, 0.05) is 11.8 Å². The summed E-state index contributed by atoms with van der Waals surface area (Å²) < 4.78 is 0. The number of aldehydes is 1. The molecule has 0 radical (unpaired) electrons. The molecule has 1 aromatic carbocycles. The smallest absolute Gasteiger partial charge is 0.276 e. The Kier molecular flexibility index (Phi) is 2.84. The Bertz CT molecular complexity index is 500. The van der Waals surface area contributed by atoms with E-state index in [0.717, 1.165) is 0 Å². The number of rotatable bonds is 3. The molecular weight excluding hydrogens is 226 g/mol. The van der Waals surface area contributed by atoms with Gasteiger partial charge in [-0.15, -0.1) is 0 Å². The Balaban J connectivity index is 2.58. The van der Waals surface area contributed by atoms with Crippen molar-refractivity contribution in [3.05, 3.63) is 33.9 Å². The zero-order chi connectivity index (χ0) is 12.4. The number of Topliss-reactive ketones (excluding diaryl/α,β-unsaturated/α-hetero) is 1. The molecule has 1 aliphatic rings. The van der Waals surface area contributed by atoms with Crippen LogP contribution in [0.15, 0.2) is 18.2 Å². The van der Waals surface area contributed by atoms with Crippen molar-refractivity contribution in [2.45, 2.75) is 6.04 Å². The lowest BCUT2D eigenvalue weighted by Crippen LogP contribution is -2.38. The third-order valence-electron chi connectivity index (χ3n) is 2.55. The zero-order valence-corrected chi connectivity index (χ0v) is 8.67. The molecule has 0 bridgehead atoms. The first-order valence-electron chi connectivity index (χ1n) is 4.88. The minimum absolute atomic E-state index is 0.170. The highest BCUT2D eigenvalue weighted by Gasteiger charge is 2.32. The number of ketones is 1. The minimum Gasteiger partial charge on any atom is -0.372 e. The Labute approximate surface area is 96.0 Å². The zero-order valence-electron chi connectivity index (χ0n) is 8.67. The molecular formula is C10H9N3O4. The Hall–Kier alpha value is -2.28. The third-order valence-corrected chi connectivity index (χ3v) is 2.55. The van der Waals surface area contributed by atoms with Gasteiger partial charge >= 0.3 is 0 Å². The van der Waals surface area contributed by atoms with E-state index in [1.165, 1.54) is 12.1 Å². The Morgan fingerprint density at radius 3 is 2.94 bits per heavy atom. The van der Waals surface area contributed by atoms with Gasteiger partial charge in [-0.1, -0.05) is 6.07 Å². The highest BCUT2D eigenvalue weighted by atomic mass is 16.6. The van der Waals surface area contributed by atoms with Gasteiger partial charge in [0.2, 0.25) is 5.78 Å². The van der Waals surface area contributed by atoms with Crippen LogP contribution >= 0.6 is 0 Å². The molecule has 1 heterocycles. The maximum atomic E-state index is 11.4. The van der Waals surface area contributed by atoms with E-state index in [-0.39, 0.29) is 24.2 Å². The fourth-order valence-corrected chi connectivity index (χ4v) is 1.83. The van der Waals surface area contributed by atoms with Crippen molar-refractivity contribution in [1.29, 1.82) is 0 Å². The van der Waals surface area contributed by atoms with Crippen molar-refractivity contribution in [3.8, 4) is 0 Å². The van der Waals surface area contributed by atoms with Gasteiger partial charge < -0.3 is 5.32 Å². The first kappa shape index (κ1) is 11.2. The van der Waals surface area contributed by atoms with Crippen LogP contribution in [0.25, 0.3) is 0 Å². The number of carbonyl (C=O) groups excluding carboxylic acids is 2. The van der Waals surface area contributed by atoms with Crippen LogP contribution in [0.2, 0.25) is 0 Å². The van der Waals surface area contributed by atoms with E-state index in [1.807, 2.05) is 0 Å². The molecule has 1 aromatic rings. The first-order valence-corrected chi connectivity index (χ1v) is 4.88. The van der Waals surface area contributed by atoms with Gasteiger partial charge in [0.15, 0.2) is 6.29 Å². The van der Waals surface area contributed by atoms with E-state index in [1.54, 1.807) is 6.07 Å². The van der Waals surface area contributed by atoms with Crippen molar-refractivity contribution in [1.82, 2.24) is 5.32 Å². The summed E-state index contributed by atoms with van der Waals surface area (Å²) in [7, 11) is 0. The first-order chi connectivity index (χ1) is 8.15. The van der Waals surface area contributed by atoms with Crippen LogP contribution in [0.5, 0.6) is 0 Å². The van der Waals surface area contributed by atoms with Gasteiger partial charge in [-0.05, 0) is 6.07 Å². The number of nitro groups is 1. The normalized spacial score (nSPS) is 17.8.